The lowest BCUT2D eigenvalue weighted by Crippen LogP contribution is -2.08. The Morgan fingerprint density at radius 3 is 2.33 bits per heavy atom. The number of fused-ring (bicyclic) bond motifs is 1. The Bertz CT molecular complexity index is 805. The van der Waals surface area contributed by atoms with E-state index in [9.17, 15) is 0 Å². The van der Waals surface area contributed by atoms with Crippen molar-refractivity contribution < 1.29 is 0 Å². The number of hydrogen-bond acceptors (Lipinski definition) is 4. The van der Waals surface area contributed by atoms with Gasteiger partial charge < -0.3 is 4.90 Å². The minimum absolute atomic E-state index is 0.377. The van der Waals surface area contributed by atoms with Gasteiger partial charge in [0.2, 0.25) is 0 Å². The first kappa shape index (κ1) is 13.8. The molecule has 0 atom stereocenters. The molecular weight excluding hydrogens is 286 g/mol. The molecule has 108 valence electrons. The van der Waals surface area contributed by atoms with Gasteiger partial charge in [-0.3, -0.25) is 4.40 Å². The number of nitrogens with zero attached hydrogens (tertiary/aromatic N) is 5. The highest BCUT2D eigenvalue weighted by atomic mass is 35.5. The molecule has 0 unspecified atom stereocenters. The minimum atomic E-state index is 0.377. The van der Waals surface area contributed by atoms with E-state index in [1.165, 1.54) is 0 Å². The van der Waals surface area contributed by atoms with Crippen LogP contribution in [0.5, 0.6) is 0 Å². The van der Waals surface area contributed by atoms with Crippen molar-refractivity contribution in [2.75, 3.05) is 19.0 Å². The molecule has 5 nitrogen and oxygen atoms in total. The van der Waals surface area contributed by atoms with Crippen LogP contribution >= 0.6 is 11.6 Å². The smallest absolute Gasteiger partial charge is 0.199 e. The van der Waals surface area contributed by atoms with Crippen LogP contribution in [0.15, 0.2) is 24.3 Å². The van der Waals surface area contributed by atoms with Gasteiger partial charge in [0.1, 0.15) is 0 Å². The minimum Gasteiger partial charge on any atom is -0.378 e. The first-order valence-corrected chi connectivity index (χ1v) is 7.02. The molecule has 0 bridgehead atoms. The van der Waals surface area contributed by atoms with Gasteiger partial charge in [-0.25, -0.2) is 4.98 Å². The third kappa shape index (κ3) is 2.23. The Labute approximate surface area is 128 Å². The van der Waals surface area contributed by atoms with Crippen molar-refractivity contribution in [1.29, 1.82) is 0 Å². The average Bonchev–Trinajstić information content (AvgIpc) is 2.90. The lowest BCUT2D eigenvalue weighted by Gasteiger charge is -2.12. The van der Waals surface area contributed by atoms with Crippen molar-refractivity contribution in [1.82, 2.24) is 19.6 Å². The van der Waals surface area contributed by atoms with Crippen LogP contribution in [0.25, 0.3) is 17.0 Å². The van der Waals surface area contributed by atoms with Gasteiger partial charge in [-0.15, -0.1) is 10.2 Å². The molecule has 3 rings (SSSR count). The monoisotopic (exact) mass is 301 g/mol. The molecule has 0 radical (unpaired) electrons. The van der Waals surface area contributed by atoms with E-state index in [1.807, 2.05) is 44.5 Å². The zero-order valence-electron chi connectivity index (χ0n) is 12.4. The zero-order valence-corrected chi connectivity index (χ0v) is 13.2. The van der Waals surface area contributed by atoms with Crippen LogP contribution in [0.4, 0.5) is 5.69 Å². The number of halogens is 1. The highest BCUT2D eigenvalue weighted by Gasteiger charge is 2.15. The van der Waals surface area contributed by atoms with Gasteiger partial charge in [0.25, 0.3) is 0 Å². The third-order valence-corrected chi connectivity index (χ3v) is 3.87. The van der Waals surface area contributed by atoms with E-state index in [0.29, 0.717) is 10.8 Å². The summed E-state index contributed by atoms with van der Waals surface area (Å²) in [5.41, 5.74) is 4.59. The number of hydrogen-bond donors (Lipinski definition) is 0. The van der Waals surface area contributed by atoms with Crippen molar-refractivity contribution in [2.24, 2.45) is 0 Å². The fourth-order valence-electron chi connectivity index (χ4n) is 2.27. The first-order chi connectivity index (χ1) is 9.99. The Morgan fingerprint density at radius 2 is 1.71 bits per heavy atom. The average molecular weight is 302 g/mol. The van der Waals surface area contributed by atoms with Crippen LogP contribution < -0.4 is 4.90 Å². The lowest BCUT2D eigenvalue weighted by atomic mass is 10.2. The second-order valence-electron chi connectivity index (χ2n) is 5.20. The Kier molecular flexibility index (Phi) is 3.29. The Hall–Kier alpha value is -2.14. The molecule has 2 heterocycles. The second kappa shape index (κ2) is 5.00. The highest BCUT2D eigenvalue weighted by molar-refractivity contribution is 6.32. The molecule has 0 saturated heterocycles. The summed E-state index contributed by atoms with van der Waals surface area (Å²) >= 11 is 6.16. The van der Waals surface area contributed by atoms with Crippen molar-refractivity contribution >= 4 is 22.9 Å². The maximum absolute atomic E-state index is 6.16. The number of rotatable bonds is 2. The van der Waals surface area contributed by atoms with Crippen LogP contribution in [-0.2, 0) is 0 Å². The maximum Gasteiger partial charge on any atom is 0.199 e. The van der Waals surface area contributed by atoms with Crippen LogP contribution in [-0.4, -0.2) is 33.7 Å². The van der Waals surface area contributed by atoms with Crippen molar-refractivity contribution in [2.45, 2.75) is 13.8 Å². The zero-order chi connectivity index (χ0) is 15.1. The summed E-state index contributed by atoms with van der Waals surface area (Å²) in [5.74, 6) is 0.778. The SMILES string of the molecule is Cc1nc(Cl)c2nnc(-c3ccc(N(C)C)cc3)n2c1C. The summed E-state index contributed by atoms with van der Waals surface area (Å²) in [7, 11) is 4.03. The van der Waals surface area contributed by atoms with Crippen LogP contribution in [0, 0.1) is 13.8 Å². The van der Waals surface area contributed by atoms with E-state index in [1.54, 1.807) is 0 Å². The molecule has 3 aromatic rings. The van der Waals surface area contributed by atoms with Crippen molar-refractivity contribution in [3.8, 4) is 11.4 Å². The van der Waals surface area contributed by atoms with Crippen molar-refractivity contribution in [3.05, 3.63) is 40.8 Å². The number of anilines is 1. The molecule has 0 N–H and O–H groups in total. The molecule has 21 heavy (non-hydrogen) atoms. The predicted octanol–water partition coefficient (Wildman–Crippen LogP) is 3.13. The van der Waals surface area contributed by atoms with Crippen LogP contribution in [0.1, 0.15) is 11.4 Å². The lowest BCUT2D eigenvalue weighted by molar-refractivity contribution is 1.000. The summed E-state index contributed by atoms with van der Waals surface area (Å²) in [6.07, 6.45) is 0. The predicted molar refractivity (Wildman–Crippen MR) is 85.0 cm³/mol. The third-order valence-electron chi connectivity index (χ3n) is 3.61. The normalized spacial score (nSPS) is 11.1. The van der Waals surface area contributed by atoms with E-state index in [2.05, 4.69) is 32.2 Å². The van der Waals surface area contributed by atoms with Gasteiger partial charge in [0, 0.05) is 31.0 Å². The quantitative estimate of drug-likeness (QED) is 0.729. The first-order valence-electron chi connectivity index (χ1n) is 6.64. The Morgan fingerprint density at radius 1 is 1.05 bits per heavy atom. The fraction of sp³-hybridized carbons (Fsp3) is 0.267. The van der Waals surface area contributed by atoms with Gasteiger partial charge in [-0.2, -0.15) is 0 Å². The molecule has 0 amide bonds. The molecule has 0 spiro atoms. The number of aryl methyl sites for hydroxylation is 2. The molecule has 0 saturated carbocycles. The summed E-state index contributed by atoms with van der Waals surface area (Å²) in [6, 6.07) is 8.19. The molecule has 0 fully saturated rings. The van der Waals surface area contributed by atoms with Gasteiger partial charge in [0.15, 0.2) is 16.6 Å². The van der Waals surface area contributed by atoms with E-state index in [-0.39, 0.29) is 0 Å². The largest absolute Gasteiger partial charge is 0.378 e. The van der Waals surface area contributed by atoms with E-state index in [4.69, 9.17) is 11.6 Å². The van der Waals surface area contributed by atoms with Crippen LogP contribution in [0.2, 0.25) is 5.15 Å². The second-order valence-corrected chi connectivity index (χ2v) is 5.56. The summed E-state index contributed by atoms with van der Waals surface area (Å²) in [6.45, 7) is 3.92. The number of aromatic nitrogens is 4. The standard InChI is InChI=1S/C15H16ClN5/c1-9-10(2)21-14(18-19-15(21)13(16)17-9)11-5-7-12(8-6-11)20(3)4/h5-8H,1-4H3. The number of benzene rings is 1. The molecule has 6 heteroatoms. The molecule has 0 aliphatic rings. The maximum atomic E-state index is 6.16. The molecule has 0 aliphatic heterocycles. The van der Waals surface area contributed by atoms with Gasteiger partial charge >= 0.3 is 0 Å². The van der Waals surface area contributed by atoms with Crippen molar-refractivity contribution in [3.63, 3.8) is 0 Å². The molecular formula is C15H16ClN5. The fourth-order valence-corrected chi connectivity index (χ4v) is 2.52. The van der Waals surface area contributed by atoms with Gasteiger partial charge in [-0.1, -0.05) is 11.6 Å². The van der Waals surface area contributed by atoms with E-state index in [0.717, 1.165) is 28.5 Å². The molecule has 0 aliphatic carbocycles. The summed E-state index contributed by atoms with van der Waals surface area (Å²) in [4.78, 5) is 6.34. The van der Waals surface area contributed by atoms with Gasteiger partial charge in [0.05, 0.1) is 5.69 Å². The van der Waals surface area contributed by atoms with Crippen LogP contribution in [0.3, 0.4) is 0 Å². The molecule has 1 aromatic carbocycles. The topological polar surface area (TPSA) is 46.3 Å². The summed E-state index contributed by atoms with van der Waals surface area (Å²) in [5, 5.41) is 8.82. The summed E-state index contributed by atoms with van der Waals surface area (Å²) < 4.78 is 1.95. The molecule has 2 aromatic heterocycles. The highest BCUT2D eigenvalue weighted by Crippen LogP contribution is 2.25. The van der Waals surface area contributed by atoms with E-state index >= 15 is 0 Å². The van der Waals surface area contributed by atoms with Gasteiger partial charge in [-0.05, 0) is 38.1 Å². The Balaban J connectivity index is 2.21. The van der Waals surface area contributed by atoms with E-state index < -0.39 is 0 Å².